The summed E-state index contributed by atoms with van der Waals surface area (Å²) in [4.78, 5) is 23.4. The Morgan fingerprint density at radius 3 is 2.47 bits per heavy atom. The van der Waals surface area contributed by atoms with Gasteiger partial charge in [0.1, 0.15) is 0 Å². The third-order valence-electron chi connectivity index (χ3n) is 2.57. The van der Waals surface area contributed by atoms with Crippen LogP contribution >= 0.6 is 11.6 Å². The van der Waals surface area contributed by atoms with Crippen LogP contribution in [0.3, 0.4) is 0 Å². The number of carbonyl (C=O) groups excluding carboxylic acids is 2. The summed E-state index contributed by atoms with van der Waals surface area (Å²) in [5, 5.41) is 3.35. The SMILES string of the molecule is COCC(C)NC(=O)CCC(=O)c1ccc(Cl)cc1. The number of methoxy groups -OCH3 is 1. The van der Waals surface area contributed by atoms with Gasteiger partial charge in [-0.25, -0.2) is 0 Å². The standard InChI is InChI=1S/C14H18ClNO3/c1-10(9-19-2)16-14(18)8-7-13(17)11-3-5-12(15)6-4-11/h3-6,10H,7-9H2,1-2H3,(H,16,18). The molecular weight excluding hydrogens is 266 g/mol. The molecule has 0 fully saturated rings. The Hall–Kier alpha value is -1.39. The predicted octanol–water partition coefficient (Wildman–Crippen LogP) is 2.45. The van der Waals surface area contributed by atoms with Gasteiger partial charge in [0, 0.05) is 36.6 Å². The van der Waals surface area contributed by atoms with Crippen LogP contribution in [0.1, 0.15) is 30.1 Å². The Morgan fingerprint density at radius 1 is 1.26 bits per heavy atom. The summed E-state index contributed by atoms with van der Waals surface area (Å²) in [5.41, 5.74) is 0.571. The smallest absolute Gasteiger partial charge is 0.220 e. The van der Waals surface area contributed by atoms with E-state index in [2.05, 4.69) is 5.32 Å². The summed E-state index contributed by atoms with van der Waals surface area (Å²) < 4.78 is 4.92. The third-order valence-corrected chi connectivity index (χ3v) is 2.82. The summed E-state index contributed by atoms with van der Waals surface area (Å²) in [6, 6.07) is 6.60. The minimum atomic E-state index is -0.146. The molecule has 1 amide bonds. The molecule has 0 saturated heterocycles. The number of rotatable bonds is 7. The number of hydrogen-bond acceptors (Lipinski definition) is 3. The van der Waals surface area contributed by atoms with Gasteiger partial charge < -0.3 is 10.1 Å². The van der Waals surface area contributed by atoms with Gasteiger partial charge in [-0.05, 0) is 31.2 Å². The second-order valence-electron chi connectivity index (χ2n) is 4.35. The minimum Gasteiger partial charge on any atom is -0.383 e. The lowest BCUT2D eigenvalue weighted by Gasteiger charge is -2.12. The highest BCUT2D eigenvalue weighted by Gasteiger charge is 2.11. The number of nitrogens with one attached hydrogen (secondary N) is 1. The number of carbonyl (C=O) groups is 2. The maximum atomic E-state index is 11.8. The first-order valence-electron chi connectivity index (χ1n) is 6.10. The van der Waals surface area contributed by atoms with E-state index in [0.29, 0.717) is 17.2 Å². The molecule has 4 nitrogen and oxygen atoms in total. The van der Waals surface area contributed by atoms with Crippen LogP contribution in [0, 0.1) is 0 Å². The van der Waals surface area contributed by atoms with Crippen molar-refractivity contribution in [2.75, 3.05) is 13.7 Å². The minimum absolute atomic E-state index is 0.0527. The Bertz CT molecular complexity index is 431. The number of benzene rings is 1. The van der Waals surface area contributed by atoms with E-state index in [9.17, 15) is 9.59 Å². The molecule has 0 saturated carbocycles. The summed E-state index contributed by atoms with van der Waals surface area (Å²) in [5.74, 6) is -0.210. The molecule has 1 aromatic carbocycles. The lowest BCUT2D eigenvalue weighted by Crippen LogP contribution is -2.35. The zero-order valence-corrected chi connectivity index (χ0v) is 11.9. The number of Topliss-reactive ketones (excluding diaryl/α,β-unsaturated/α-hetero) is 1. The van der Waals surface area contributed by atoms with E-state index in [-0.39, 0.29) is 30.6 Å². The first kappa shape index (κ1) is 15.7. The normalized spacial score (nSPS) is 11.9. The Kier molecular flexibility index (Phi) is 6.53. The molecule has 19 heavy (non-hydrogen) atoms. The molecule has 1 atom stereocenters. The molecule has 0 radical (unpaired) electrons. The van der Waals surface area contributed by atoms with Gasteiger partial charge in [0.05, 0.1) is 6.61 Å². The summed E-state index contributed by atoms with van der Waals surface area (Å²) in [7, 11) is 1.58. The van der Waals surface area contributed by atoms with Crippen molar-refractivity contribution in [3.63, 3.8) is 0 Å². The van der Waals surface area contributed by atoms with Crippen LogP contribution in [0.15, 0.2) is 24.3 Å². The van der Waals surface area contributed by atoms with Crippen LogP contribution in [0.2, 0.25) is 5.02 Å². The molecule has 0 aromatic heterocycles. The van der Waals surface area contributed by atoms with Gasteiger partial charge in [-0.3, -0.25) is 9.59 Å². The summed E-state index contributed by atoms with van der Waals surface area (Å²) in [6.07, 6.45) is 0.364. The molecule has 1 unspecified atom stereocenters. The molecule has 0 spiro atoms. The number of amides is 1. The van der Waals surface area contributed by atoms with Crippen molar-refractivity contribution >= 4 is 23.3 Å². The van der Waals surface area contributed by atoms with E-state index in [4.69, 9.17) is 16.3 Å². The Balaban J connectivity index is 2.37. The first-order chi connectivity index (χ1) is 9.02. The molecule has 1 N–H and O–H groups in total. The number of ketones is 1. The second-order valence-corrected chi connectivity index (χ2v) is 4.79. The van der Waals surface area contributed by atoms with Crippen LogP contribution in [0.4, 0.5) is 0 Å². The largest absolute Gasteiger partial charge is 0.383 e. The highest BCUT2D eigenvalue weighted by Crippen LogP contribution is 2.11. The van der Waals surface area contributed by atoms with Gasteiger partial charge in [-0.1, -0.05) is 11.6 Å². The van der Waals surface area contributed by atoms with Gasteiger partial charge in [-0.2, -0.15) is 0 Å². The molecule has 0 aliphatic carbocycles. The number of halogens is 1. The van der Waals surface area contributed by atoms with E-state index >= 15 is 0 Å². The number of ether oxygens (including phenoxy) is 1. The zero-order chi connectivity index (χ0) is 14.3. The Morgan fingerprint density at radius 2 is 1.89 bits per heavy atom. The van der Waals surface area contributed by atoms with E-state index in [1.807, 2.05) is 6.92 Å². The van der Waals surface area contributed by atoms with Gasteiger partial charge >= 0.3 is 0 Å². The van der Waals surface area contributed by atoms with E-state index in [1.54, 1.807) is 31.4 Å². The predicted molar refractivity (Wildman–Crippen MR) is 74.5 cm³/mol. The van der Waals surface area contributed by atoms with Crippen LogP contribution in [-0.4, -0.2) is 31.4 Å². The quantitative estimate of drug-likeness (QED) is 0.782. The fourth-order valence-corrected chi connectivity index (χ4v) is 1.77. The van der Waals surface area contributed by atoms with Crippen molar-refractivity contribution in [2.24, 2.45) is 0 Å². The molecule has 0 aliphatic rings. The molecule has 1 rings (SSSR count). The molecule has 1 aromatic rings. The van der Waals surface area contributed by atoms with Gasteiger partial charge in [0.25, 0.3) is 0 Å². The van der Waals surface area contributed by atoms with Crippen molar-refractivity contribution in [1.82, 2.24) is 5.32 Å². The van der Waals surface area contributed by atoms with Crippen LogP contribution < -0.4 is 5.32 Å². The van der Waals surface area contributed by atoms with Crippen molar-refractivity contribution in [2.45, 2.75) is 25.8 Å². The lowest BCUT2D eigenvalue weighted by atomic mass is 10.1. The van der Waals surface area contributed by atoms with Gasteiger partial charge in [0.2, 0.25) is 5.91 Å². The topological polar surface area (TPSA) is 55.4 Å². The fraction of sp³-hybridized carbons (Fsp3) is 0.429. The maximum absolute atomic E-state index is 11.8. The second kappa shape index (κ2) is 7.92. The van der Waals surface area contributed by atoms with Crippen molar-refractivity contribution < 1.29 is 14.3 Å². The summed E-state index contributed by atoms with van der Waals surface area (Å²) in [6.45, 7) is 2.30. The maximum Gasteiger partial charge on any atom is 0.220 e. The monoisotopic (exact) mass is 283 g/mol. The molecule has 5 heteroatoms. The Labute approximate surface area is 118 Å². The van der Waals surface area contributed by atoms with Gasteiger partial charge in [-0.15, -0.1) is 0 Å². The van der Waals surface area contributed by atoms with E-state index < -0.39 is 0 Å². The van der Waals surface area contributed by atoms with Gasteiger partial charge in [0.15, 0.2) is 5.78 Å². The molecular formula is C14H18ClNO3. The van der Waals surface area contributed by atoms with Crippen molar-refractivity contribution in [3.8, 4) is 0 Å². The lowest BCUT2D eigenvalue weighted by molar-refractivity contribution is -0.122. The van der Waals surface area contributed by atoms with Crippen LogP contribution in [0.5, 0.6) is 0 Å². The van der Waals surface area contributed by atoms with E-state index in [0.717, 1.165) is 0 Å². The van der Waals surface area contributed by atoms with Crippen molar-refractivity contribution in [3.05, 3.63) is 34.9 Å². The molecule has 0 heterocycles. The molecule has 104 valence electrons. The number of hydrogen-bond donors (Lipinski definition) is 1. The first-order valence-corrected chi connectivity index (χ1v) is 6.47. The average Bonchev–Trinajstić information content (AvgIpc) is 2.37. The zero-order valence-electron chi connectivity index (χ0n) is 11.1. The van der Waals surface area contributed by atoms with E-state index in [1.165, 1.54) is 0 Å². The third kappa shape index (κ3) is 5.85. The highest BCUT2D eigenvalue weighted by molar-refractivity contribution is 6.30. The molecule has 0 aliphatic heterocycles. The molecule has 0 bridgehead atoms. The van der Waals surface area contributed by atoms with Crippen molar-refractivity contribution in [1.29, 1.82) is 0 Å². The van der Waals surface area contributed by atoms with Crippen LogP contribution in [-0.2, 0) is 9.53 Å². The van der Waals surface area contributed by atoms with Crippen LogP contribution in [0.25, 0.3) is 0 Å². The fourth-order valence-electron chi connectivity index (χ4n) is 1.65. The highest BCUT2D eigenvalue weighted by atomic mass is 35.5. The average molecular weight is 284 g/mol. The summed E-state index contributed by atoms with van der Waals surface area (Å²) >= 11 is 5.74.